The molecule has 0 aliphatic heterocycles. The van der Waals surface area contributed by atoms with Crippen LogP contribution in [0.25, 0.3) is 16.8 Å². The first-order chi connectivity index (χ1) is 14.7. The lowest BCUT2D eigenvalue weighted by molar-refractivity contribution is 0.0692. The fourth-order valence-electron chi connectivity index (χ4n) is 2.58. The molecule has 3 N–H and O–H groups in total. The lowest BCUT2D eigenvalue weighted by atomic mass is 10.0. The molecular weight excluding hydrogens is 406 g/mol. The summed E-state index contributed by atoms with van der Waals surface area (Å²) >= 11 is 0. The molecule has 0 radical (unpaired) electrons. The number of nitrogens with zero attached hydrogens (tertiary/aromatic N) is 6. The predicted molar refractivity (Wildman–Crippen MR) is 113 cm³/mol. The molecule has 0 fully saturated rings. The van der Waals surface area contributed by atoms with Crippen LogP contribution in [0.2, 0.25) is 0 Å². The van der Waals surface area contributed by atoms with E-state index in [9.17, 15) is 13.9 Å². The Bertz CT molecular complexity index is 1160. The summed E-state index contributed by atoms with van der Waals surface area (Å²) in [6.45, 7) is 7.63. The monoisotopic (exact) mass is 426 g/mol. The number of anilines is 2. The smallest absolute Gasteiger partial charge is 0.250 e. The maximum Gasteiger partial charge on any atom is 0.250 e. The molecule has 11 heteroatoms. The molecule has 2 heterocycles. The molecule has 3 aromatic rings. The van der Waals surface area contributed by atoms with Crippen molar-refractivity contribution in [1.29, 1.82) is 0 Å². The second kappa shape index (κ2) is 8.88. The van der Waals surface area contributed by atoms with E-state index in [1.807, 2.05) is 0 Å². The zero-order valence-corrected chi connectivity index (χ0v) is 17.1. The Morgan fingerprint density at radius 1 is 1.23 bits per heavy atom. The van der Waals surface area contributed by atoms with Gasteiger partial charge in [-0.3, -0.25) is 15.4 Å². The quantitative estimate of drug-likeness (QED) is 0.389. The fraction of sp³-hybridized carbons (Fsp3) is 0.200. The molecule has 2 aromatic heterocycles. The molecule has 0 amide bonds. The summed E-state index contributed by atoms with van der Waals surface area (Å²) in [5.41, 5.74) is -1.05. The summed E-state index contributed by atoms with van der Waals surface area (Å²) in [7, 11) is 0. The van der Waals surface area contributed by atoms with Crippen molar-refractivity contribution < 1.29 is 13.9 Å². The van der Waals surface area contributed by atoms with Crippen LogP contribution in [0.15, 0.2) is 47.4 Å². The number of H-pyrrole nitrogens is 1. The topological polar surface area (TPSA) is 125 Å². The van der Waals surface area contributed by atoms with Gasteiger partial charge in [0.1, 0.15) is 28.6 Å². The SMILES string of the molecule is C=N/C=C\C(=C(/C)F)c1nnc(Nc2n[nH]c(C(C)(C)O)n2)nc1-c1ccccc1F. The van der Waals surface area contributed by atoms with Gasteiger partial charge in [-0.2, -0.15) is 4.98 Å². The molecule has 9 nitrogen and oxygen atoms in total. The third-order valence-electron chi connectivity index (χ3n) is 4.08. The zero-order valence-electron chi connectivity index (χ0n) is 17.1. The number of aliphatic hydroxyl groups is 1. The van der Waals surface area contributed by atoms with Crippen LogP contribution in [0, 0.1) is 5.82 Å². The fourth-order valence-corrected chi connectivity index (χ4v) is 2.58. The van der Waals surface area contributed by atoms with Crippen LogP contribution in [0.4, 0.5) is 20.7 Å². The third kappa shape index (κ3) is 5.01. The van der Waals surface area contributed by atoms with Gasteiger partial charge >= 0.3 is 0 Å². The highest BCUT2D eigenvalue weighted by Gasteiger charge is 2.22. The molecule has 0 bridgehead atoms. The average molecular weight is 426 g/mol. The molecule has 0 saturated carbocycles. The highest BCUT2D eigenvalue weighted by Crippen LogP contribution is 2.31. The number of aromatic nitrogens is 6. The number of halogens is 2. The molecular formula is C20H20F2N8O. The van der Waals surface area contributed by atoms with Gasteiger partial charge in [0, 0.05) is 17.3 Å². The van der Waals surface area contributed by atoms with Crippen LogP contribution in [-0.2, 0) is 5.60 Å². The van der Waals surface area contributed by atoms with Gasteiger partial charge in [0.2, 0.25) is 11.9 Å². The number of benzene rings is 1. The zero-order chi connectivity index (χ0) is 22.6. The second-order valence-electron chi connectivity index (χ2n) is 6.95. The van der Waals surface area contributed by atoms with Gasteiger partial charge in [0.15, 0.2) is 5.82 Å². The number of aromatic amines is 1. The van der Waals surface area contributed by atoms with Crippen molar-refractivity contribution in [3.05, 3.63) is 59.7 Å². The molecule has 31 heavy (non-hydrogen) atoms. The van der Waals surface area contributed by atoms with Crippen molar-refractivity contribution in [2.75, 3.05) is 5.32 Å². The Morgan fingerprint density at radius 2 is 1.97 bits per heavy atom. The minimum Gasteiger partial charge on any atom is -0.382 e. The van der Waals surface area contributed by atoms with Crippen LogP contribution < -0.4 is 5.32 Å². The van der Waals surface area contributed by atoms with E-state index < -0.39 is 17.2 Å². The van der Waals surface area contributed by atoms with Gasteiger partial charge in [-0.1, -0.05) is 12.1 Å². The van der Waals surface area contributed by atoms with E-state index in [-0.39, 0.29) is 40.2 Å². The van der Waals surface area contributed by atoms with E-state index >= 15 is 0 Å². The maximum absolute atomic E-state index is 14.5. The number of rotatable bonds is 7. The summed E-state index contributed by atoms with van der Waals surface area (Å²) in [6.07, 6.45) is 2.62. The van der Waals surface area contributed by atoms with E-state index in [1.54, 1.807) is 19.9 Å². The summed E-state index contributed by atoms with van der Waals surface area (Å²) < 4.78 is 28.8. The first kappa shape index (κ1) is 21.8. The lowest BCUT2D eigenvalue weighted by Crippen LogP contribution is -2.17. The van der Waals surface area contributed by atoms with Gasteiger partial charge in [-0.15, -0.1) is 15.3 Å². The average Bonchev–Trinajstić information content (AvgIpc) is 3.18. The Morgan fingerprint density at radius 3 is 2.58 bits per heavy atom. The largest absolute Gasteiger partial charge is 0.382 e. The third-order valence-corrected chi connectivity index (χ3v) is 4.08. The van der Waals surface area contributed by atoms with E-state index in [1.165, 1.54) is 37.4 Å². The molecule has 0 unspecified atom stereocenters. The van der Waals surface area contributed by atoms with Crippen molar-refractivity contribution in [3.8, 4) is 11.3 Å². The first-order valence-electron chi connectivity index (χ1n) is 9.11. The highest BCUT2D eigenvalue weighted by molar-refractivity contribution is 5.82. The molecule has 160 valence electrons. The van der Waals surface area contributed by atoms with E-state index in [2.05, 4.69) is 47.4 Å². The molecule has 3 rings (SSSR count). The van der Waals surface area contributed by atoms with E-state index in [0.29, 0.717) is 0 Å². The molecule has 0 aliphatic carbocycles. The highest BCUT2D eigenvalue weighted by atomic mass is 19.1. The summed E-state index contributed by atoms with van der Waals surface area (Å²) in [5.74, 6) is -0.921. The first-order valence-corrected chi connectivity index (χ1v) is 9.11. The van der Waals surface area contributed by atoms with Crippen LogP contribution in [0.3, 0.4) is 0 Å². The van der Waals surface area contributed by atoms with E-state index in [4.69, 9.17) is 0 Å². The van der Waals surface area contributed by atoms with Gasteiger partial charge < -0.3 is 5.11 Å². The van der Waals surface area contributed by atoms with Crippen LogP contribution in [-0.4, -0.2) is 42.2 Å². The maximum atomic E-state index is 14.5. The molecule has 0 atom stereocenters. The number of allylic oxidation sites excluding steroid dienone is 3. The summed E-state index contributed by atoms with van der Waals surface area (Å²) in [5, 5.41) is 27.3. The Labute approximate surface area is 176 Å². The van der Waals surface area contributed by atoms with Crippen molar-refractivity contribution in [3.63, 3.8) is 0 Å². The lowest BCUT2D eigenvalue weighted by Gasteiger charge is -2.12. The van der Waals surface area contributed by atoms with Crippen LogP contribution in [0.5, 0.6) is 0 Å². The number of aliphatic imine (C=N–C) groups is 1. The van der Waals surface area contributed by atoms with Crippen LogP contribution >= 0.6 is 0 Å². The Balaban J connectivity index is 2.11. The molecule has 0 aliphatic rings. The minimum absolute atomic E-state index is 0.0164. The molecule has 0 spiro atoms. The van der Waals surface area contributed by atoms with Gasteiger partial charge in [-0.25, -0.2) is 13.8 Å². The Kier molecular flexibility index (Phi) is 6.25. The van der Waals surface area contributed by atoms with Crippen LogP contribution in [0.1, 0.15) is 32.3 Å². The Hall–Kier alpha value is -3.86. The number of hydrogen-bond donors (Lipinski definition) is 3. The van der Waals surface area contributed by atoms with Crippen molar-refractivity contribution in [1.82, 2.24) is 30.4 Å². The number of hydrogen-bond acceptors (Lipinski definition) is 8. The summed E-state index contributed by atoms with van der Waals surface area (Å²) in [4.78, 5) is 12.0. The van der Waals surface area contributed by atoms with E-state index in [0.717, 1.165) is 0 Å². The van der Waals surface area contributed by atoms with Gasteiger partial charge in [0.25, 0.3) is 0 Å². The molecule has 0 saturated heterocycles. The predicted octanol–water partition coefficient (Wildman–Crippen LogP) is 3.68. The normalized spacial score (nSPS) is 12.7. The van der Waals surface area contributed by atoms with Crippen molar-refractivity contribution in [2.24, 2.45) is 4.99 Å². The summed E-state index contributed by atoms with van der Waals surface area (Å²) in [6, 6.07) is 5.89. The minimum atomic E-state index is -1.24. The van der Waals surface area contributed by atoms with Crippen molar-refractivity contribution >= 4 is 24.2 Å². The van der Waals surface area contributed by atoms with Gasteiger partial charge in [-0.05, 0) is 45.7 Å². The number of nitrogens with one attached hydrogen (secondary N) is 2. The van der Waals surface area contributed by atoms with Crippen molar-refractivity contribution in [2.45, 2.75) is 26.4 Å². The standard InChI is InChI=1S/C20H20F2N8O/c1-11(21)12(9-10-23-4)16-15(13-7-5-6-8-14(13)22)24-18(29-27-16)26-19-25-17(28-30-19)20(2,3)31/h5-10,31H,4H2,1-3H3,(H2,24,25,26,28,29,30)/b10-9-,12-11-. The van der Waals surface area contributed by atoms with Gasteiger partial charge in [0.05, 0.1) is 0 Å². The second-order valence-corrected chi connectivity index (χ2v) is 6.95. The molecule has 1 aromatic carbocycles.